The summed E-state index contributed by atoms with van der Waals surface area (Å²) in [5.41, 5.74) is 3.48. The summed E-state index contributed by atoms with van der Waals surface area (Å²) in [7, 11) is 3.40. The number of hydrogen-bond donors (Lipinski definition) is 3. The van der Waals surface area contributed by atoms with Gasteiger partial charge in [-0.2, -0.15) is 8.78 Å². The summed E-state index contributed by atoms with van der Waals surface area (Å²) in [6.07, 6.45) is 0.963. The van der Waals surface area contributed by atoms with Gasteiger partial charge in [0.05, 0.1) is 36.1 Å². The van der Waals surface area contributed by atoms with Crippen LogP contribution in [-0.2, 0) is 18.4 Å². The number of imidazole rings is 1. The summed E-state index contributed by atoms with van der Waals surface area (Å²) in [4.78, 5) is 35.3. The zero-order chi connectivity index (χ0) is 31.9. The van der Waals surface area contributed by atoms with E-state index in [2.05, 4.69) is 20.5 Å². The second-order valence-electron chi connectivity index (χ2n) is 12.0. The molecule has 45 heavy (non-hydrogen) atoms. The van der Waals surface area contributed by atoms with Crippen molar-refractivity contribution >= 4 is 33.9 Å². The first-order valence-electron chi connectivity index (χ1n) is 15.5. The molecule has 3 N–H and O–H groups in total. The lowest BCUT2D eigenvalue weighted by Crippen LogP contribution is -2.52. The molecule has 0 saturated carbocycles. The normalized spacial score (nSPS) is 22.7. The minimum atomic E-state index is -3.43. The molecule has 13 heteroatoms. The molecule has 10 nitrogen and oxygen atoms in total. The number of nitrogens with one attached hydrogen (secondary N) is 3. The number of methoxy groups -OCH3 is 1. The molecule has 3 aromatic heterocycles. The van der Waals surface area contributed by atoms with E-state index >= 15 is 0 Å². The molecule has 1 fully saturated rings. The highest BCUT2D eigenvalue weighted by atomic mass is 19.3. The van der Waals surface area contributed by atoms with Crippen molar-refractivity contribution in [2.75, 3.05) is 20.2 Å². The Kier molecular flexibility index (Phi) is 8.47. The molecule has 5 heterocycles. The van der Waals surface area contributed by atoms with Crippen molar-refractivity contribution in [3.05, 3.63) is 41.6 Å². The number of fused-ring (bicyclic) bond motifs is 2. The number of carbonyl (C=O) groups excluding carboxylic acids is 2. The van der Waals surface area contributed by atoms with Crippen molar-refractivity contribution in [1.82, 2.24) is 35.1 Å². The fourth-order valence-electron chi connectivity index (χ4n) is 6.30. The smallest absolute Gasteiger partial charge is 0.324 e. The summed E-state index contributed by atoms with van der Waals surface area (Å²) in [6.45, 7) is 3.16. The first-order valence-corrected chi connectivity index (χ1v) is 15.5. The van der Waals surface area contributed by atoms with Gasteiger partial charge in [0.15, 0.2) is 5.82 Å². The van der Waals surface area contributed by atoms with Crippen LogP contribution in [0.5, 0.6) is 5.75 Å². The zero-order valence-corrected chi connectivity index (χ0v) is 25.6. The lowest BCUT2D eigenvalue weighted by molar-refractivity contribution is -0.147. The van der Waals surface area contributed by atoms with Crippen molar-refractivity contribution in [1.29, 1.82) is 0 Å². The molecule has 2 amide bonds. The molecule has 3 atom stereocenters. The Hall–Kier alpha value is -4.13. The maximum absolute atomic E-state index is 14.5. The molecule has 2 bridgehead atoms. The van der Waals surface area contributed by atoms with E-state index in [1.165, 1.54) is 7.11 Å². The van der Waals surface area contributed by atoms with E-state index in [1.807, 2.05) is 23.7 Å². The van der Waals surface area contributed by atoms with E-state index in [0.29, 0.717) is 78.4 Å². The Morgan fingerprint density at radius 3 is 2.71 bits per heavy atom. The van der Waals surface area contributed by atoms with Crippen molar-refractivity contribution in [2.24, 2.45) is 7.05 Å². The molecular formula is C32H38F3N7O3. The summed E-state index contributed by atoms with van der Waals surface area (Å²) in [5.74, 6) is -4.04. The standard InChI is InChI=1S/C32H38F3N7O3/c1-18-22-9-8-19-15-25(42(28(19)38-22)13-7-5-4-6-11-32(34,35)31(44)37-18)29-39-23-14-20(16-26(45-3)27(23)41(29)2)30(43)40-24-17-36-12-10-21(24)33/h8-9,14-16,18,21,24,36H,4-7,10-13,17H2,1-3H3,(H,37,44)(H,40,43)/t18-,21+,24+/m1/s1. The fraction of sp³-hybridized carbons (Fsp3) is 0.500. The Morgan fingerprint density at radius 2 is 1.93 bits per heavy atom. The maximum atomic E-state index is 14.5. The number of halogens is 3. The summed E-state index contributed by atoms with van der Waals surface area (Å²) < 4.78 is 53.0. The summed E-state index contributed by atoms with van der Waals surface area (Å²) in [6, 6.07) is 7.57. The minimum Gasteiger partial charge on any atom is -0.494 e. The van der Waals surface area contributed by atoms with Crippen LogP contribution in [0.3, 0.4) is 0 Å². The quantitative estimate of drug-likeness (QED) is 0.300. The molecule has 2 aliphatic heterocycles. The van der Waals surface area contributed by atoms with Gasteiger partial charge in [-0.15, -0.1) is 0 Å². The van der Waals surface area contributed by atoms with E-state index < -0.39 is 42.4 Å². The van der Waals surface area contributed by atoms with Crippen molar-refractivity contribution in [3.63, 3.8) is 0 Å². The molecule has 4 aromatic rings. The molecule has 1 saturated heterocycles. The number of hydrogen-bond acceptors (Lipinski definition) is 6. The summed E-state index contributed by atoms with van der Waals surface area (Å²) in [5, 5.41) is 9.19. The number of aryl methyl sites for hydroxylation is 2. The molecule has 0 spiro atoms. The molecule has 0 radical (unpaired) electrons. The molecular weight excluding hydrogens is 587 g/mol. The topological polar surface area (TPSA) is 115 Å². The number of alkyl halides is 3. The monoisotopic (exact) mass is 625 g/mol. The van der Waals surface area contributed by atoms with Crippen LogP contribution in [-0.4, -0.2) is 69.3 Å². The molecule has 0 aliphatic carbocycles. The Bertz CT molecular complexity index is 1750. The highest BCUT2D eigenvalue weighted by molar-refractivity contribution is 6.00. The fourth-order valence-corrected chi connectivity index (χ4v) is 6.30. The van der Waals surface area contributed by atoms with Crippen LogP contribution in [0, 0.1) is 0 Å². The van der Waals surface area contributed by atoms with Gasteiger partial charge in [0, 0.05) is 37.5 Å². The van der Waals surface area contributed by atoms with Gasteiger partial charge in [-0.1, -0.05) is 12.8 Å². The van der Waals surface area contributed by atoms with Gasteiger partial charge >= 0.3 is 5.92 Å². The van der Waals surface area contributed by atoms with Gasteiger partial charge in [-0.3, -0.25) is 9.59 Å². The third-order valence-corrected chi connectivity index (χ3v) is 8.87. The zero-order valence-electron chi connectivity index (χ0n) is 25.6. The molecule has 6 rings (SSSR count). The molecule has 0 unspecified atom stereocenters. The predicted molar refractivity (Wildman–Crippen MR) is 164 cm³/mol. The highest BCUT2D eigenvalue weighted by Crippen LogP contribution is 2.35. The lowest BCUT2D eigenvalue weighted by atomic mass is 10.0. The second kappa shape index (κ2) is 12.3. The van der Waals surface area contributed by atoms with Crippen LogP contribution < -0.4 is 20.7 Å². The van der Waals surface area contributed by atoms with E-state index in [4.69, 9.17) is 14.7 Å². The van der Waals surface area contributed by atoms with Gasteiger partial charge in [0.2, 0.25) is 0 Å². The molecule has 2 aliphatic rings. The van der Waals surface area contributed by atoms with Crippen LogP contribution in [0.1, 0.15) is 67.5 Å². The minimum absolute atomic E-state index is 0.246. The number of carbonyl (C=O) groups is 2. The first-order chi connectivity index (χ1) is 21.6. The number of piperidine rings is 1. The van der Waals surface area contributed by atoms with Gasteiger partial charge in [-0.05, 0) is 63.1 Å². The predicted octanol–water partition coefficient (Wildman–Crippen LogP) is 4.81. The van der Waals surface area contributed by atoms with Crippen LogP contribution in [0.15, 0.2) is 30.3 Å². The number of amides is 2. The average molecular weight is 626 g/mol. The van der Waals surface area contributed by atoms with Crippen molar-refractivity contribution in [2.45, 2.75) is 76.2 Å². The van der Waals surface area contributed by atoms with Crippen LogP contribution in [0.2, 0.25) is 0 Å². The number of pyridine rings is 1. The Labute approximate surface area is 258 Å². The van der Waals surface area contributed by atoms with Crippen LogP contribution >= 0.6 is 0 Å². The van der Waals surface area contributed by atoms with E-state index in [-0.39, 0.29) is 6.42 Å². The highest BCUT2D eigenvalue weighted by Gasteiger charge is 2.39. The molecule has 240 valence electrons. The van der Waals surface area contributed by atoms with E-state index in [9.17, 15) is 22.8 Å². The Balaban J connectivity index is 1.41. The number of aromatic nitrogens is 4. The van der Waals surface area contributed by atoms with E-state index in [0.717, 1.165) is 17.5 Å². The van der Waals surface area contributed by atoms with Crippen molar-refractivity contribution in [3.8, 4) is 17.3 Å². The number of rotatable bonds is 4. The average Bonchev–Trinajstić information content (AvgIpc) is 3.55. The van der Waals surface area contributed by atoms with Gasteiger partial charge < -0.3 is 29.8 Å². The second-order valence-corrected chi connectivity index (χ2v) is 12.0. The van der Waals surface area contributed by atoms with Gasteiger partial charge in [0.1, 0.15) is 23.1 Å². The third kappa shape index (κ3) is 5.97. The van der Waals surface area contributed by atoms with Crippen molar-refractivity contribution < 1.29 is 27.5 Å². The number of ether oxygens (including phenoxy) is 1. The van der Waals surface area contributed by atoms with E-state index in [1.54, 1.807) is 25.1 Å². The SMILES string of the molecule is COc1cc(C(=O)N[C@H]2CNCC[C@@H]2F)cc2nc(-c3cc4ccc5nc4n3CCCCCCC(F)(F)C(=O)N[C@@H]5C)n(C)c12. The summed E-state index contributed by atoms with van der Waals surface area (Å²) >= 11 is 0. The molecule has 1 aromatic carbocycles. The number of benzene rings is 1. The third-order valence-electron chi connectivity index (χ3n) is 8.87. The Morgan fingerprint density at radius 1 is 1.13 bits per heavy atom. The van der Waals surface area contributed by atoms with Gasteiger partial charge in [-0.25, -0.2) is 14.4 Å². The largest absolute Gasteiger partial charge is 0.494 e. The first kappa shape index (κ1) is 30.9. The maximum Gasteiger partial charge on any atom is 0.324 e. The van der Waals surface area contributed by atoms with Crippen LogP contribution in [0.25, 0.3) is 33.6 Å². The lowest BCUT2D eigenvalue weighted by Gasteiger charge is -2.27. The van der Waals surface area contributed by atoms with Gasteiger partial charge in [0.25, 0.3) is 11.8 Å². The number of nitrogens with zero attached hydrogens (tertiary/aromatic N) is 4. The van der Waals surface area contributed by atoms with Crippen LogP contribution in [0.4, 0.5) is 13.2 Å².